The number of aromatic amines is 1. The highest BCUT2D eigenvalue weighted by Crippen LogP contribution is 2.21. The first-order valence-corrected chi connectivity index (χ1v) is 9.55. The number of amides is 2. The number of tetrazole rings is 1. The lowest BCUT2D eigenvalue weighted by atomic mass is 10.1. The van der Waals surface area contributed by atoms with Crippen molar-refractivity contribution in [2.75, 3.05) is 26.2 Å². The summed E-state index contributed by atoms with van der Waals surface area (Å²) >= 11 is 0. The molecule has 10 nitrogen and oxygen atoms in total. The Bertz CT molecular complexity index is 970. The summed E-state index contributed by atoms with van der Waals surface area (Å²) in [6, 6.07) is 8.65. The maximum Gasteiger partial charge on any atom is 0.254 e. The zero-order chi connectivity index (χ0) is 20.2. The standard InChI is InChI=1S/C19H22N8O2/c1-14(27-11-4-8-20-27)18(28)25-9-5-10-26(13-12-25)19(29)16-7-3-2-6-15(16)17-21-23-24-22-17/h2-4,6-8,11,14H,5,9-10,12-13H2,1H3,(H,21,22,23,24). The molecule has 150 valence electrons. The van der Waals surface area contributed by atoms with Gasteiger partial charge in [0.05, 0.1) is 5.56 Å². The molecule has 0 saturated carbocycles. The van der Waals surface area contributed by atoms with Crippen molar-refractivity contribution in [3.8, 4) is 11.4 Å². The Morgan fingerprint density at radius 1 is 1.07 bits per heavy atom. The molecule has 1 fully saturated rings. The topological polar surface area (TPSA) is 113 Å². The fourth-order valence-electron chi connectivity index (χ4n) is 3.54. The van der Waals surface area contributed by atoms with E-state index in [4.69, 9.17) is 0 Å². The monoisotopic (exact) mass is 394 g/mol. The lowest BCUT2D eigenvalue weighted by molar-refractivity contribution is -0.134. The summed E-state index contributed by atoms with van der Waals surface area (Å²) < 4.78 is 1.65. The molecule has 0 radical (unpaired) electrons. The average molecular weight is 394 g/mol. The first-order valence-electron chi connectivity index (χ1n) is 9.55. The molecule has 1 unspecified atom stereocenters. The van der Waals surface area contributed by atoms with Gasteiger partial charge in [-0.2, -0.15) is 10.3 Å². The van der Waals surface area contributed by atoms with Gasteiger partial charge < -0.3 is 9.80 Å². The Hall–Kier alpha value is -3.56. The summed E-state index contributed by atoms with van der Waals surface area (Å²) in [5.41, 5.74) is 1.16. The number of hydrogen-bond donors (Lipinski definition) is 1. The van der Waals surface area contributed by atoms with Gasteiger partial charge in [0, 0.05) is 44.1 Å². The predicted molar refractivity (Wildman–Crippen MR) is 104 cm³/mol. The van der Waals surface area contributed by atoms with Crippen LogP contribution in [0.5, 0.6) is 0 Å². The Morgan fingerprint density at radius 2 is 1.86 bits per heavy atom. The van der Waals surface area contributed by atoms with Gasteiger partial charge in [-0.05, 0) is 30.7 Å². The van der Waals surface area contributed by atoms with Crippen LogP contribution in [0.4, 0.5) is 0 Å². The molecule has 3 heterocycles. The zero-order valence-electron chi connectivity index (χ0n) is 16.1. The van der Waals surface area contributed by atoms with Gasteiger partial charge in [0.2, 0.25) is 11.7 Å². The average Bonchev–Trinajstić information content (AvgIpc) is 3.43. The lowest BCUT2D eigenvalue weighted by Crippen LogP contribution is -2.40. The van der Waals surface area contributed by atoms with E-state index in [2.05, 4.69) is 25.7 Å². The van der Waals surface area contributed by atoms with E-state index < -0.39 is 0 Å². The molecular formula is C19H22N8O2. The molecule has 0 spiro atoms. The summed E-state index contributed by atoms with van der Waals surface area (Å²) in [4.78, 5) is 29.6. The summed E-state index contributed by atoms with van der Waals surface area (Å²) in [6.07, 6.45) is 4.16. The van der Waals surface area contributed by atoms with Crippen molar-refractivity contribution in [1.82, 2.24) is 40.2 Å². The van der Waals surface area contributed by atoms with Gasteiger partial charge in [0.15, 0.2) is 0 Å². The predicted octanol–water partition coefficient (Wildman–Crippen LogP) is 0.999. The second kappa shape index (κ2) is 8.21. The minimum Gasteiger partial charge on any atom is -0.339 e. The number of nitrogens with zero attached hydrogens (tertiary/aromatic N) is 7. The maximum atomic E-state index is 13.2. The number of carbonyl (C=O) groups excluding carboxylic acids is 2. The zero-order valence-corrected chi connectivity index (χ0v) is 16.1. The Labute approximate surface area is 167 Å². The number of rotatable bonds is 4. The van der Waals surface area contributed by atoms with E-state index in [0.717, 1.165) is 0 Å². The van der Waals surface area contributed by atoms with Gasteiger partial charge in [-0.25, -0.2) is 0 Å². The van der Waals surface area contributed by atoms with Crippen LogP contribution in [0, 0.1) is 0 Å². The molecule has 1 N–H and O–H groups in total. The van der Waals surface area contributed by atoms with Gasteiger partial charge >= 0.3 is 0 Å². The van der Waals surface area contributed by atoms with Crippen molar-refractivity contribution in [2.45, 2.75) is 19.4 Å². The number of hydrogen-bond acceptors (Lipinski definition) is 6. The van der Waals surface area contributed by atoms with E-state index in [1.165, 1.54) is 0 Å². The minimum atomic E-state index is -0.369. The third kappa shape index (κ3) is 3.86. The van der Waals surface area contributed by atoms with Crippen molar-refractivity contribution >= 4 is 11.8 Å². The van der Waals surface area contributed by atoms with Crippen LogP contribution in [0.25, 0.3) is 11.4 Å². The van der Waals surface area contributed by atoms with Crippen molar-refractivity contribution in [3.63, 3.8) is 0 Å². The number of carbonyl (C=O) groups is 2. The van der Waals surface area contributed by atoms with Gasteiger partial charge in [-0.3, -0.25) is 14.3 Å². The SMILES string of the molecule is CC(C(=O)N1CCCN(C(=O)c2ccccc2-c2nn[nH]n2)CC1)n1cccn1. The fraction of sp³-hybridized carbons (Fsp3) is 0.368. The highest BCUT2D eigenvalue weighted by Gasteiger charge is 2.27. The maximum absolute atomic E-state index is 13.2. The Balaban J connectivity index is 1.47. The number of nitrogens with one attached hydrogen (secondary N) is 1. The smallest absolute Gasteiger partial charge is 0.254 e. The highest BCUT2D eigenvalue weighted by molar-refractivity contribution is 6.00. The molecule has 1 aliphatic heterocycles. The Kier molecular flexibility index (Phi) is 5.32. The quantitative estimate of drug-likeness (QED) is 0.706. The third-order valence-electron chi connectivity index (χ3n) is 5.12. The molecular weight excluding hydrogens is 372 g/mol. The lowest BCUT2D eigenvalue weighted by Gasteiger charge is -2.25. The van der Waals surface area contributed by atoms with Crippen molar-refractivity contribution < 1.29 is 9.59 Å². The van der Waals surface area contributed by atoms with Crippen LogP contribution in [0.1, 0.15) is 29.7 Å². The van der Waals surface area contributed by atoms with Crippen LogP contribution in [0.3, 0.4) is 0 Å². The van der Waals surface area contributed by atoms with Crippen LogP contribution in [-0.4, -0.2) is 78.2 Å². The molecule has 0 bridgehead atoms. The fourth-order valence-corrected chi connectivity index (χ4v) is 3.54. The van der Waals surface area contributed by atoms with Crippen LogP contribution in [-0.2, 0) is 4.79 Å². The van der Waals surface area contributed by atoms with Crippen LogP contribution in [0.15, 0.2) is 42.7 Å². The molecule has 1 aromatic carbocycles. The minimum absolute atomic E-state index is 0.00944. The van der Waals surface area contributed by atoms with E-state index in [1.807, 2.05) is 24.0 Å². The second-order valence-corrected chi connectivity index (χ2v) is 6.91. The van der Waals surface area contributed by atoms with Gasteiger partial charge in [-0.1, -0.05) is 18.2 Å². The number of H-pyrrole nitrogens is 1. The molecule has 1 atom stereocenters. The number of benzene rings is 1. The molecule has 0 aliphatic carbocycles. The number of aromatic nitrogens is 6. The third-order valence-corrected chi connectivity index (χ3v) is 5.12. The van der Waals surface area contributed by atoms with Crippen LogP contribution >= 0.6 is 0 Å². The first-order chi connectivity index (χ1) is 14.1. The Morgan fingerprint density at radius 3 is 2.62 bits per heavy atom. The summed E-state index contributed by atoms with van der Waals surface area (Å²) in [6.45, 7) is 3.99. The molecule has 3 aromatic rings. The van der Waals surface area contributed by atoms with E-state index >= 15 is 0 Å². The van der Waals surface area contributed by atoms with Gasteiger partial charge in [-0.15, -0.1) is 10.2 Å². The largest absolute Gasteiger partial charge is 0.339 e. The molecule has 10 heteroatoms. The molecule has 4 rings (SSSR count). The van der Waals surface area contributed by atoms with Crippen molar-refractivity contribution in [3.05, 3.63) is 48.3 Å². The summed E-state index contributed by atoms with van der Waals surface area (Å²) in [7, 11) is 0. The van der Waals surface area contributed by atoms with E-state index in [9.17, 15) is 9.59 Å². The van der Waals surface area contributed by atoms with E-state index in [-0.39, 0.29) is 17.9 Å². The van der Waals surface area contributed by atoms with Gasteiger partial charge in [0.1, 0.15) is 6.04 Å². The van der Waals surface area contributed by atoms with Crippen LogP contribution in [0.2, 0.25) is 0 Å². The van der Waals surface area contributed by atoms with Crippen LogP contribution < -0.4 is 0 Å². The summed E-state index contributed by atoms with van der Waals surface area (Å²) in [5, 5.41) is 18.1. The first kappa shape index (κ1) is 18.8. The molecule has 1 saturated heterocycles. The van der Waals surface area contributed by atoms with E-state index in [0.29, 0.717) is 49.6 Å². The molecule has 2 amide bonds. The summed E-state index contributed by atoms with van der Waals surface area (Å²) in [5.74, 6) is 0.295. The van der Waals surface area contributed by atoms with Crippen molar-refractivity contribution in [2.24, 2.45) is 0 Å². The van der Waals surface area contributed by atoms with E-state index in [1.54, 1.807) is 40.2 Å². The normalized spacial score (nSPS) is 15.8. The highest BCUT2D eigenvalue weighted by atomic mass is 16.2. The van der Waals surface area contributed by atoms with Gasteiger partial charge in [0.25, 0.3) is 5.91 Å². The molecule has 29 heavy (non-hydrogen) atoms. The second-order valence-electron chi connectivity index (χ2n) is 6.91. The molecule has 2 aromatic heterocycles. The molecule has 1 aliphatic rings. The van der Waals surface area contributed by atoms with Crippen molar-refractivity contribution in [1.29, 1.82) is 0 Å².